The van der Waals surface area contributed by atoms with Gasteiger partial charge in [0.1, 0.15) is 5.75 Å². The molecular formula is C17H28IN3O. The van der Waals surface area contributed by atoms with Gasteiger partial charge in [0.2, 0.25) is 0 Å². The van der Waals surface area contributed by atoms with Crippen LogP contribution in [-0.4, -0.2) is 38.1 Å². The lowest BCUT2D eigenvalue weighted by molar-refractivity contribution is 0.208. The number of benzene rings is 1. The van der Waals surface area contributed by atoms with Crippen molar-refractivity contribution in [2.24, 2.45) is 16.8 Å². The number of rotatable bonds is 3. The number of piperidine rings is 1. The number of nitrogens with zero attached hydrogens (tertiary/aromatic N) is 2. The third kappa shape index (κ3) is 5.34. The fraction of sp³-hybridized carbons (Fsp3) is 0.588. The van der Waals surface area contributed by atoms with Crippen LogP contribution in [0, 0.1) is 11.8 Å². The zero-order valence-corrected chi connectivity index (χ0v) is 16.3. The third-order valence-electron chi connectivity index (χ3n) is 3.99. The monoisotopic (exact) mass is 417 g/mol. The second-order valence-corrected chi connectivity index (χ2v) is 6.10. The van der Waals surface area contributed by atoms with Crippen molar-refractivity contribution in [1.29, 1.82) is 0 Å². The van der Waals surface area contributed by atoms with Gasteiger partial charge in [0.15, 0.2) is 5.96 Å². The van der Waals surface area contributed by atoms with E-state index >= 15 is 0 Å². The van der Waals surface area contributed by atoms with Gasteiger partial charge in [-0.3, -0.25) is 4.99 Å². The van der Waals surface area contributed by atoms with E-state index in [1.807, 2.05) is 19.2 Å². The fourth-order valence-electron chi connectivity index (χ4n) is 3.09. The van der Waals surface area contributed by atoms with Crippen LogP contribution < -0.4 is 10.1 Å². The van der Waals surface area contributed by atoms with Crippen molar-refractivity contribution < 1.29 is 4.74 Å². The van der Waals surface area contributed by atoms with E-state index in [1.54, 1.807) is 7.11 Å². The van der Waals surface area contributed by atoms with Gasteiger partial charge >= 0.3 is 0 Å². The zero-order valence-electron chi connectivity index (χ0n) is 14.0. The number of nitrogens with one attached hydrogen (secondary N) is 1. The molecule has 0 aromatic heterocycles. The van der Waals surface area contributed by atoms with Crippen LogP contribution >= 0.6 is 24.0 Å². The van der Waals surface area contributed by atoms with Crippen LogP contribution in [0.15, 0.2) is 29.3 Å². The molecule has 1 fully saturated rings. The van der Waals surface area contributed by atoms with Crippen LogP contribution in [0.25, 0.3) is 0 Å². The molecule has 1 heterocycles. The van der Waals surface area contributed by atoms with Gasteiger partial charge in [-0.1, -0.05) is 26.0 Å². The Kier molecular flexibility index (Phi) is 8.00. The third-order valence-corrected chi connectivity index (χ3v) is 3.99. The summed E-state index contributed by atoms with van der Waals surface area (Å²) in [5.41, 5.74) is 1.23. The Morgan fingerprint density at radius 3 is 2.32 bits per heavy atom. The summed E-state index contributed by atoms with van der Waals surface area (Å²) in [6, 6.07) is 8.15. The van der Waals surface area contributed by atoms with Crippen LogP contribution in [0.5, 0.6) is 5.75 Å². The lowest BCUT2D eigenvalue weighted by Crippen LogP contribution is -2.48. The van der Waals surface area contributed by atoms with Gasteiger partial charge in [0.25, 0.3) is 0 Å². The average molecular weight is 417 g/mol. The topological polar surface area (TPSA) is 36.9 Å². The summed E-state index contributed by atoms with van der Waals surface area (Å²) >= 11 is 0. The molecule has 2 atom stereocenters. The highest BCUT2D eigenvalue weighted by molar-refractivity contribution is 14.0. The molecule has 2 rings (SSSR count). The minimum absolute atomic E-state index is 0. The van der Waals surface area contributed by atoms with Gasteiger partial charge in [-0.15, -0.1) is 24.0 Å². The molecule has 124 valence electrons. The summed E-state index contributed by atoms with van der Waals surface area (Å²) in [5.74, 6) is 3.35. The molecule has 0 spiro atoms. The molecule has 1 aliphatic rings. The molecule has 1 saturated heterocycles. The molecule has 0 radical (unpaired) electrons. The van der Waals surface area contributed by atoms with Crippen molar-refractivity contribution in [2.75, 3.05) is 27.2 Å². The Labute approximate surface area is 151 Å². The van der Waals surface area contributed by atoms with E-state index in [0.29, 0.717) is 0 Å². The van der Waals surface area contributed by atoms with E-state index in [1.165, 1.54) is 12.0 Å². The van der Waals surface area contributed by atoms with Gasteiger partial charge in [0.05, 0.1) is 7.11 Å². The Hall–Kier alpha value is -0.980. The van der Waals surface area contributed by atoms with E-state index in [9.17, 15) is 0 Å². The summed E-state index contributed by atoms with van der Waals surface area (Å²) in [4.78, 5) is 6.81. The molecule has 0 aliphatic carbocycles. The summed E-state index contributed by atoms with van der Waals surface area (Å²) in [6.07, 6.45) is 1.31. The first-order valence-corrected chi connectivity index (χ1v) is 7.71. The highest BCUT2D eigenvalue weighted by Gasteiger charge is 2.23. The van der Waals surface area contributed by atoms with Crippen molar-refractivity contribution in [3.63, 3.8) is 0 Å². The van der Waals surface area contributed by atoms with Gasteiger partial charge < -0.3 is 15.0 Å². The number of hydrogen-bond acceptors (Lipinski definition) is 2. The molecule has 2 unspecified atom stereocenters. The maximum absolute atomic E-state index is 5.18. The van der Waals surface area contributed by atoms with Crippen LogP contribution in [0.1, 0.15) is 25.8 Å². The second-order valence-electron chi connectivity index (χ2n) is 6.10. The number of hydrogen-bond donors (Lipinski definition) is 1. The number of likely N-dealkylation sites (tertiary alicyclic amines) is 1. The number of ether oxygens (including phenoxy) is 1. The zero-order chi connectivity index (χ0) is 15.2. The first-order chi connectivity index (χ1) is 10.1. The molecule has 22 heavy (non-hydrogen) atoms. The van der Waals surface area contributed by atoms with Gasteiger partial charge in [0, 0.05) is 26.7 Å². The van der Waals surface area contributed by atoms with E-state index < -0.39 is 0 Å². The van der Waals surface area contributed by atoms with E-state index in [0.717, 1.165) is 43.2 Å². The molecule has 1 aromatic carbocycles. The highest BCUT2D eigenvalue weighted by atomic mass is 127. The molecular weight excluding hydrogens is 389 g/mol. The van der Waals surface area contributed by atoms with Gasteiger partial charge in [-0.05, 0) is 36.0 Å². The predicted octanol–water partition coefficient (Wildman–Crippen LogP) is 3.37. The number of guanidine groups is 1. The van der Waals surface area contributed by atoms with Gasteiger partial charge in [-0.25, -0.2) is 0 Å². The smallest absolute Gasteiger partial charge is 0.193 e. The van der Waals surface area contributed by atoms with Gasteiger partial charge in [-0.2, -0.15) is 0 Å². The largest absolute Gasteiger partial charge is 0.497 e. The SMILES string of the molecule is CN=C(NCc1ccc(OC)cc1)N1CC(C)CC(C)C1.I. The average Bonchev–Trinajstić information content (AvgIpc) is 2.47. The van der Waals surface area contributed by atoms with E-state index in [2.05, 4.69) is 41.2 Å². The first kappa shape index (κ1) is 19.1. The summed E-state index contributed by atoms with van der Waals surface area (Å²) in [7, 11) is 3.55. The Morgan fingerprint density at radius 2 is 1.82 bits per heavy atom. The lowest BCUT2D eigenvalue weighted by atomic mass is 9.92. The molecule has 0 bridgehead atoms. The maximum Gasteiger partial charge on any atom is 0.193 e. The van der Waals surface area contributed by atoms with Crippen molar-refractivity contribution in [1.82, 2.24) is 10.2 Å². The van der Waals surface area contributed by atoms with Crippen LogP contribution in [0.3, 0.4) is 0 Å². The van der Waals surface area contributed by atoms with E-state index in [-0.39, 0.29) is 24.0 Å². The molecule has 0 saturated carbocycles. The fourth-order valence-corrected chi connectivity index (χ4v) is 3.09. The predicted molar refractivity (Wildman–Crippen MR) is 103 cm³/mol. The molecule has 1 aromatic rings. The normalized spacial score (nSPS) is 22.0. The van der Waals surface area contributed by atoms with Crippen molar-refractivity contribution in [3.8, 4) is 5.75 Å². The molecule has 1 aliphatic heterocycles. The Balaban J connectivity index is 0.00000242. The quantitative estimate of drug-likeness (QED) is 0.466. The summed E-state index contributed by atoms with van der Waals surface area (Å²) in [5, 5.41) is 3.47. The molecule has 5 heteroatoms. The molecule has 0 amide bonds. The molecule has 1 N–H and O–H groups in total. The molecule has 4 nitrogen and oxygen atoms in total. The second kappa shape index (κ2) is 9.22. The first-order valence-electron chi connectivity index (χ1n) is 7.71. The van der Waals surface area contributed by atoms with Crippen LogP contribution in [0.4, 0.5) is 0 Å². The standard InChI is InChI=1S/C17H27N3O.HI/c1-13-9-14(2)12-20(11-13)17(18-3)19-10-15-5-7-16(21-4)8-6-15;/h5-8,13-14H,9-12H2,1-4H3,(H,18,19);1H. The van der Waals surface area contributed by atoms with E-state index in [4.69, 9.17) is 4.74 Å². The van der Waals surface area contributed by atoms with Crippen molar-refractivity contribution in [3.05, 3.63) is 29.8 Å². The van der Waals surface area contributed by atoms with Crippen molar-refractivity contribution >= 4 is 29.9 Å². The van der Waals surface area contributed by atoms with Crippen LogP contribution in [-0.2, 0) is 6.54 Å². The summed E-state index contributed by atoms with van der Waals surface area (Å²) in [6.45, 7) is 7.61. The van der Waals surface area contributed by atoms with Crippen molar-refractivity contribution in [2.45, 2.75) is 26.8 Å². The number of halogens is 1. The maximum atomic E-state index is 5.18. The lowest BCUT2D eigenvalue weighted by Gasteiger charge is -2.37. The minimum atomic E-state index is 0. The number of aliphatic imine (C=N–C) groups is 1. The number of methoxy groups -OCH3 is 1. The summed E-state index contributed by atoms with van der Waals surface area (Å²) < 4.78 is 5.18. The Morgan fingerprint density at radius 1 is 1.23 bits per heavy atom. The van der Waals surface area contributed by atoms with Crippen LogP contribution in [0.2, 0.25) is 0 Å². The Bertz CT molecular complexity index is 465. The highest BCUT2D eigenvalue weighted by Crippen LogP contribution is 2.21. The minimum Gasteiger partial charge on any atom is -0.497 e.